The Bertz CT molecular complexity index is 298. The summed E-state index contributed by atoms with van der Waals surface area (Å²) < 4.78 is 0. The van der Waals surface area contributed by atoms with Crippen molar-refractivity contribution in [1.82, 2.24) is 4.90 Å². The van der Waals surface area contributed by atoms with E-state index in [9.17, 15) is 9.90 Å². The van der Waals surface area contributed by atoms with Crippen molar-refractivity contribution >= 4 is 5.91 Å². The Morgan fingerprint density at radius 1 is 1.43 bits per heavy atom. The molecule has 0 aromatic rings. The molecular weight excluding hydrogens is 178 g/mol. The number of rotatable bonds is 3. The smallest absolute Gasteiger partial charge is 0.257 e. The maximum Gasteiger partial charge on any atom is 0.257 e. The topological polar surface area (TPSA) is 40.5 Å². The summed E-state index contributed by atoms with van der Waals surface area (Å²) in [4.78, 5) is 12.9. The fraction of sp³-hybridized carbons (Fsp3) is 0.364. The van der Waals surface area contributed by atoms with Crippen LogP contribution in [0.3, 0.4) is 0 Å². The summed E-state index contributed by atoms with van der Waals surface area (Å²) >= 11 is 0. The zero-order valence-electron chi connectivity index (χ0n) is 9.16. The summed E-state index contributed by atoms with van der Waals surface area (Å²) in [7, 11) is 3.26. The highest BCUT2D eigenvalue weighted by Gasteiger charge is 2.14. The van der Waals surface area contributed by atoms with Crippen LogP contribution in [0, 0.1) is 0 Å². The SMILES string of the molecule is C=C/C(C(=O)N(C)C)=C(O)\C(C)=C/C. The van der Waals surface area contributed by atoms with Crippen LogP contribution in [0.4, 0.5) is 0 Å². The Kier molecular flexibility index (Phi) is 4.70. The van der Waals surface area contributed by atoms with Gasteiger partial charge in [0.05, 0.1) is 5.57 Å². The average molecular weight is 195 g/mol. The zero-order valence-corrected chi connectivity index (χ0v) is 9.16. The molecule has 0 bridgehead atoms. The lowest BCUT2D eigenvalue weighted by Crippen LogP contribution is -2.23. The molecule has 14 heavy (non-hydrogen) atoms. The third-order valence-electron chi connectivity index (χ3n) is 1.90. The maximum atomic E-state index is 11.5. The molecule has 0 rings (SSSR count). The molecule has 78 valence electrons. The molecule has 0 radical (unpaired) electrons. The van der Waals surface area contributed by atoms with E-state index in [0.29, 0.717) is 5.57 Å². The second kappa shape index (κ2) is 5.27. The van der Waals surface area contributed by atoms with Crippen LogP contribution in [0.15, 0.2) is 35.6 Å². The molecule has 0 atom stereocenters. The maximum absolute atomic E-state index is 11.5. The lowest BCUT2D eigenvalue weighted by molar-refractivity contribution is -0.124. The van der Waals surface area contributed by atoms with Gasteiger partial charge in [0.25, 0.3) is 5.91 Å². The van der Waals surface area contributed by atoms with Gasteiger partial charge in [0.1, 0.15) is 5.76 Å². The summed E-state index contributed by atoms with van der Waals surface area (Å²) in [6.45, 7) is 7.05. The van der Waals surface area contributed by atoms with Crippen LogP contribution < -0.4 is 0 Å². The van der Waals surface area contributed by atoms with Gasteiger partial charge in [-0.25, -0.2) is 0 Å². The van der Waals surface area contributed by atoms with Crippen LogP contribution in [0.1, 0.15) is 13.8 Å². The van der Waals surface area contributed by atoms with Gasteiger partial charge < -0.3 is 10.0 Å². The average Bonchev–Trinajstić information content (AvgIpc) is 2.17. The number of aliphatic hydroxyl groups excluding tert-OH is 1. The number of aliphatic hydroxyl groups is 1. The normalized spacial score (nSPS) is 13.3. The standard InChI is InChI=1S/C11H17NO2/c1-6-8(3)10(13)9(7-2)11(14)12(4)5/h6-7,13H,2H2,1,3-5H3/b8-6-,10-9-. The third kappa shape index (κ3) is 2.76. The quantitative estimate of drug-likeness (QED) is 0.425. The van der Waals surface area contributed by atoms with Crippen molar-refractivity contribution in [2.45, 2.75) is 13.8 Å². The van der Waals surface area contributed by atoms with E-state index in [1.54, 1.807) is 34.0 Å². The van der Waals surface area contributed by atoms with Gasteiger partial charge in [-0.2, -0.15) is 0 Å². The number of carbonyl (C=O) groups is 1. The number of allylic oxidation sites excluding steroid dienone is 2. The minimum atomic E-state index is -0.251. The van der Waals surface area contributed by atoms with Crippen LogP contribution in [-0.4, -0.2) is 30.0 Å². The molecule has 0 aliphatic carbocycles. The molecule has 0 aliphatic rings. The number of hydrogen-bond donors (Lipinski definition) is 1. The van der Waals surface area contributed by atoms with E-state index in [1.165, 1.54) is 11.0 Å². The number of carbonyl (C=O) groups excluding carboxylic acids is 1. The first-order valence-corrected chi connectivity index (χ1v) is 4.36. The molecular formula is C11H17NO2. The highest BCUT2D eigenvalue weighted by atomic mass is 16.3. The van der Waals surface area contributed by atoms with Gasteiger partial charge in [-0.1, -0.05) is 18.7 Å². The van der Waals surface area contributed by atoms with Crippen molar-refractivity contribution in [2.24, 2.45) is 0 Å². The highest BCUT2D eigenvalue weighted by Crippen LogP contribution is 2.13. The Balaban J connectivity index is 5.25. The molecule has 3 nitrogen and oxygen atoms in total. The Labute approximate surface area is 85.0 Å². The van der Waals surface area contributed by atoms with Gasteiger partial charge in [-0.3, -0.25) is 4.79 Å². The zero-order chi connectivity index (χ0) is 11.3. The highest BCUT2D eigenvalue weighted by molar-refractivity contribution is 5.96. The van der Waals surface area contributed by atoms with Gasteiger partial charge in [-0.15, -0.1) is 0 Å². The predicted molar refractivity (Wildman–Crippen MR) is 58.0 cm³/mol. The molecule has 0 heterocycles. The monoisotopic (exact) mass is 195 g/mol. The Morgan fingerprint density at radius 3 is 2.21 bits per heavy atom. The number of hydrogen-bond acceptors (Lipinski definition) is 2. The second-order valence-electron chi connectivity index (χ2n) is 3.14. The van der Waals surface area contributed by atoms with Crippen LogP contribution >= 0.6 is 0 Å². The van der Waals surface area contributed by atoms with E-state index in [2.05, 4.69) is 6.58 Å². The third-order valence-corrected chi connectivity index (χ3v) is 1.90. The molecule has 0 saturated carbocycles. The minimum absolute atomic E-state index is 0.0128. The van der Waals surface area contributed by atoms with Crippen molar-refractivity contribution < 1.29 is 9.90 Å². The molecule has 1 amide bonds. The first kappa shape index (κ1) is 12.5. The van der Waals surface area contributed by atoms with E-state index in [4.69, 9.17) is 0 Å². The van der Waals surface area contributed by atoms with Gasteiger partial charge >= 0.3 is 0 Å². The molecule has 0 saturated heterocycles. The van der Waals surface area contributed by atoms with Gasteiger partial charge in [0.2, 0.25) is 0 Å². The summed E-state index contributed by atoms with van der Waals surface area (Å²) in [6, 6.07) is 0. The largest absolute Gasteiger partial charge is 0.507 e. The minimum Gasteiger partial charge on any atom is -0.507 e. The Morgan fingerprint density at radius 2 is 1.93 bits per heavy atom. The number of likely N-dealkylation sites (N-methyl/N-ethyl adjacent to an activating group) is 1. The van der Waals surface area contributed by atoms with E-state index in [-0.39, 0.29) is 17.2 Å². The van der Waals surface area contributed by atoms with Crippen molar-refractivity contribution in [2.75, 3.05) is 14.1 Å². The van der Waals surface area contributed by atoms with E-state index in [1.807, 2.05) is 0 Å². The number of amides is 1. The molecule has 0 aromatic carbocycles. The molecule has 1 N–H and O–H groups in total. The number of nitrogens with zero attached hydrogens (tertiary/aromatic N) is 1. The van der Waals surface area contributed by atoms with Gasteiger partial charge in [-0.05, 0) is 19.4 Å². The first-order chi connectivity index (χ1) is 6.45. The summed E-state index contributed by atoms with van der Waals surface area (Å²) in [5, 5.41) is 9.69. The molecule has 0 fully saturated rings. The molecule has 0 spiro atoms. The molecule has 3 heteroatoms. The van der Waals surface area contributed by atoms with Crippen molar-refractivity contribution in [1.29, 1.82) is 0 Å². The first-order valence-electron chi connectivity index (χ1n) is 4.36. The van der Waals surface area contributed by atoms with Crippen LogP contribution in [0.5, 0.6) is 0 Å². The van der Waals surface area contributed by atoms with Gasteiger partial charge in [0.15, 0.2) is 0 Å². The van der Waals surface area contributed by atoms with Crippen molar-refractivity contribution in [3.63, 3.8) is 0 Å². The molecule has 0 aromatic heterocycles. The lowest BCUT2D eigenvalue weighted by atomic mass is 10.1. The van der Waals surface area contributed by atoms with E-state index >= 15 is 0 Å². The second-order valence-corrected chi connectivity index (χ2v) is 3.14. The van der Waals surface area contributed by atoms with Crippen LogP contribution in [-0.2, 0) is 4.79 Å². The lowest BCUT2D eigenvalue weighted by Gasteiger charge is -2.12. The molecule has 0 unspecified atom stereocenters. The fourth-order valence-corrected chi connectivity index (χ4v) is 0.875. The Hall–Kier alpha value is -1.51. The summed E-state index contributed by atoms with van der Waals surface area (Å²) in [5.74, 6) is -0.264. The van der Waals surface area contributed by atoms with E-state index in [0.717, 1.165) is 0 Å². The van der Waals surface area contributed by atoms with Crippen molar-refractivity contribution in [3.05, 3.63) is 35.6 Å². The van der Waals surface area contributed by atoms with Gasteiger partial charge in [0, 0.05) is 14.1 Å². The van der Waals surface area contributed by atoms with Crippen LogP contribution in [0.2, 0.25) is 0 Å². The predicted octanol–water partition coefficient (Wildman–Crippen LogP) is 2.04. The summed E-state index contributed by atoms with van der Waals surface area (Å²) in [5.41, 5.74) is 0.890. The summed E-state index contributed by atoms with van der Waals surface area (Å²) in [6.07, 6.45) is 3.10. The molecule has 0 aliphatic heterocycles. The van der Waals surface area contributed by atoms with Crippen molar-refractivity contribution in [3.8, 4) is 0 Å². The van der Waals surface area contributed by atoms with Crippen LogP contribution in [0.25, 0.3) is 0 Å². The van der Waals surface area contributed by atoms with E-state index < -0.39 is 0 Å². The fourth-order valence-electron chi connectivity index (χ4n) is 0.875.